The van der Waals surface area contributed by atoms with Crippen LogP contribution in [0.15, 0.2) is 18.2 Å². The summed E-state index contributed by atoms with van der Waals surface area (Å²) < 4.78 is 33.8. The van der Waals surface area contributed by atoms with Gasteiger partial charge in [-0.15, -0.1) is 0 Å². The van der Waals surface area contributed by atoms with Gasteiger partial charge in [0.05, 0.1) is 18.8 Å². The number of carbonyl (C=O) groups is 1. The Morgan fingerprint density at radius 3 is 2.74 bits per heavy atom. The molecule has 0 radical (unpaired) electrons. The zero-order valence-electron chi connectivity index (χ0n) is 11.1. The van der Waals surface area contributed by atoms with Gasteiger partial charge in [-0.05, 0) is 26.0 Å². The monoisotopic (exact) mass is 272 g/mol. The molecule has 0 saturated carbocycles. The number of Topliss-reactive ketones (excluding diaryl/α,β-unsaturated/α-hetero) is 1. The van der Waals surface area contributed by atoms with Gasteiger partial charge in [-0.25, -0.2) is 8.78 Å². The minimum absolute atomic E-state index is 0.0112. The third-order valence-corrected chi connectivity index (χ3v) is 2.45. The van der Waals surface area contributed by atoms with Gasteiger partial charge >= 0.3 is 0 Å². The first kappa shape index (κ1) is 15.6. The van der Waals surface area contributed by atoms with Crippen molar-refractivity contribution in [3.63, 3.8) is 0 Å². The molecule has 0 saturated heterocycles. The number of halogens is 2. The Hall–Kier alpha value is -1.49. The van der Waals surface area contributed by atoms with E-state index in [-0.39, 0.29) is 18.8 Å². The van der Waals surface area contributed by atoms with E-state index in [0.29, 0.717) is 17.9 Å². The van der Waals surface area contributed by atoms with E-state index in [1.807, 2.05) is 19.9 Å². The molecule has 0 atom stereocenters. The second-order valence-corrected chi connectivity index (χ2v) is 4.07. The Morgan fingerprint density at radius 2 is 2.11 bits per heavy atom. The van der Waals surface area contributed by atoms with Crippen molar-refractivity contribution in [2.24, 2.45) is 0 Å². The number of hydrogen-bond donors (Lipinski definition) is 0. The van der Waals surface area contributed by atoms with Crippen molar-refractivity contribution in [3.8, 4) is 5.75 Å². The topological polar surface area (TPSA) is 35.5 Å². The summed E-state index contributed by atoms with van der Waals surface area (Å²) in [6.45, 7) is 3.52. The minimum atomic E-state index is -2.51. The highest BCUT2D eigenvalue weighted by atomic mass is 19.3. The van der Waals surface area contributed by atoms with Crippen LogP contribution in [0.4, 0.5) is 8.78 Å². The van der Waals surface area contributed by atoms with Crippen molar-refractivity contribution in [2.75, 3.05) is 19.8 Å². The van der Waals surface area contributed by atoms with Crippen LogP contribution in [-0.4, -0.2) is 32.0 Å². The molecule has 0 aliphatic heterocycles. The second kappa shape index (κ2) is 7.84. The normalized spacial score (nSPS) is 10.8. The van der Waals surface area contributed by atoms with Crippen LogP contribution in [0.3, 0.4) is 0 Å². The van der Waals surface area contributed by atoms with Gasteiger partial charge in [-0.3, -0.25) is 4.79 Å². The molecule has 5 heteroatoms. The smallest absolute Gasteiger partial charge is 0.261 e. The molecule has 3 nitrogen and oxygen atoms in total. The lowest BCUT2D eigenvalue weighted by Crippen LogP contribution is -2.10. The predicted octanol–water partition coefficient (Wildman–Crippen LogP) is 3.25. The molecule has 106 valence electrons. The average molecular weight is 272 g/mol. The lowest BCUT2D eigenvalue weighted by atomic mass is 10.0. The zero-order chi connectivity index (χ0) is 14.3. The van der Waals surface area contributed by atoms with Crippen molar-refractivity contribution in [3.05, 3.63) is 29.3 Å². The van der Waals surface area contributed by atoms with E-state index in [1.54, 1.807) is 12.1 Å². The third-order valence-electron chi connectivity index (χ3n) is 2.45. The van der Waals surface area contributed by atoms with Gasteiger partial charge < -0.3 is 9.47 Å². The van der Waals surface area contributed by atoms with Crippen LogP contribution in [0.5, 0.6) is 5.75 Å². The van der Waals surface area contributed by atoms with E-state index in [1.165, 1.54) is 0 Å². The fraction of sp³-hybridized carbons (Fsp3) is 0.500. The number of rotatable bonds is 8. The van der Waals surface area contributed by atoms with Crippen molar-refractivity contribution < 1.29 is 23.0 Å². The molecule has 0 aliphatic carbocycles. The third kappa shape index (κ3) is 5.34. The summed E-state index contributed by atoms with van der Waals surface area (Å²) >= 11 is 0. The average Bonchev–Trinajstić information content (AvgIpc) is 2.36. The summed E-state index contributed by atoms with van der Waals surface area (Å²) in [4.78, 5) is 12.0. The number of aryl methyl sites for hydroxylation is 1. The van der Waals surface area contributed by atoms with Crippen LogP contribution < -0.4 is 4.74 Å². The molecule has 1 rings (SSSR count). The molecule has 0 spiro atoms. The van der Waals surface area contributed by atoms with E-state index in [4.69, 9.17) is 9.47 Å². The molecule has 1 aromatic rings. The molecule has 1 aromatic carbocycles. The first-order valence-electron chi connectivity index (χ1n) is 6.17. The van der Waals surface area contributed by atoms with Crippen molar-refractivity contribution in [2.45, 2.75) is 26.7 Å². The summed E-state index contributed by atoms with van der Waals surface area (Å²) in [7, 11) is 0. The lowest BCUT2D eigenvalue weighted by Gasteiger charge is -2.10. The van der Waals surface area contributed by atoms with Crippen molar-refractivity contribution in [1.82, 2.24) is 0 Å². The lowest BCUT2D eigenvalue weighted by molar-refractivity contribution is 0.0169. The van der Waals surface area contributed by atoms with Gasteiger partial charge in [0.25, 0.3) is 6.43 Å². The van der Waals surface area contributed by atoms with Gasteiger partial charge in [0.2, 0.25) is 0 Å². The highest BCUT2D eigenvalue weighted by Gasteiger charge is 2.13. The Kier molecular flexibility index (Phi) is 6.42. The van der Waals surface area contributed by atoms with E-state index in [2.05, 4.69) is 0 Å². The van der Waals surface area contributed by atoms with Gasteiger partial charge in [0, 0.05) is 6.42 Å². The van der Waals surface area contributed by atoms with Crippen LogP contribution in [0.25, 0.3) is 0 Å². The molecular weight excluding hydrogens is 254 g/mol. The van der Waals surface area contributed by atoms with Crippen LogP contribution >= 0.6 is 0 Å². The molecule has 0 N–H and O–H groups in total. The summed E-state index contributed by atoms with van der Waals surface area (Å²) in [5, 5.41) is 0. The van der Waals surface area contributed by atoms with Crippen molar-refractivity contribution >= 4 is 5.78 Å². The number of alkyl halides is 2. The van der Waals surface area contributed by atoms with Gasteiger partial charge in [-0.1, -0.05) is 11.6 Å². The predicted molar refractivity (Wildman–Crippen MR) is 68.1 cm³/mol. The second-order valence-electron chi connectivity index (χ2n) is 4.07. The maximum absolute atomic E-state index is 12.0. The molecule has 0 heterocycles. The van der Waals surface area contributed by atoms with E-state index >= 15 is 0 Å². The first-order chi connectivity index (χ1) is 9.04. The summed E-state index contributed by atoms with van der Waals surface area (Å²) in [6.07, 6.45) is -2.44. The van der Waals surface area contributed by atoms with Crippen LogP contribution in [0.1, 0.15) is 29.3 Å². The Morgan fingerprint density at radius 1 is 1.37 bits per heavy atom. The largest absolute Gasteiger partial charge is 0.493 e. The molecule has 19 heavy (non-hydrogen) atoms. The maximum Gasteiger partial charge on any atom is 0.261 e. The van der Waals surface area contributed by atoms with Gasteiger partial charge in [-0.2, -0.15) is 0 Å². The Balaban J connectivity index is 2.62. The fourth-order valence-corrected chi connectivity index (χ4v) is 1.62. The Labute approximate surface area is 111 Å². The van der Waals surface area contributed by atoms with Crippen LogP contribution in [-0.2, 0) is 4.74 Å². The number of carbonyl (C=O) groups excluding carboxylic acids is 1. The highest BCUT2D eigenvalue weighted by Crippen LogP contribution is 2.21. The van der Waals surface area contributed by atoms with E-state index < -0.39 is 13.0 Å². The quantitative estimate of drug-likeness (QED) is 0.538. The highest BCUT2D eigenvalue weighted by molar-refractivity contribution is 5.98. The standard InChI is InChI=1S/C14H18F2O3/c1-3-19-13-5-4-10(2)8-11(13)12(17)6-7-18-9-14(15)16/h4-5,8,14H,3,6-7,9H2,1-2H3. The minimum Gasteiger partial charge on any atom is -0.493 e. The van der Waals surface area contributed by atoms with E-state index in [0.717, 1.165) is 5.56 Å². The molecular formula is C14H18F2O3. The first-order valence-corrected chi connectivity index (χ1v) is 6.17. The summed E-state index contributed by atoms with van der Waals surface area (Å²) in [6, 6.07) is 5.33. The Bertz CT molecular complexity index is 419. The molecule has 0 bridgehead atoms. The maximum atomic E-state index is 12.0. The summed E-state index contributed by atoms with van der Waals surface area (Å²) in [5.41, 5.74) is 1.42. The summed E-state index contributed by atoms with van der Waals surface area (Å²) in [5.74, 6) is 0.355. The zero-order valence-corrected chi connectivity index (χ0v) is 11.1. The van der Waals surface area contributed by atoms with Crippen molar-refractivity contribution in [1.29, 1.82) is 0 Å². The van der Waals surface area contributed by atoms with Crippen LogP contribution in [0.2, 0.25) is 0 Å². The van der Waals surface area contributed by atoms with E-state index in [9.17, 15) is 13.6 Å². The number of ketones is 1. The number of ether oxygens (including phenoxy) is 2. The van der Waals surface area contributed by atoms with Gasteiger partial charge in [0.15, 0.2) is 5.78 Å². The fourth-order valence-electron chi connectivity index (χ4n) is 1.62. The molecule has 0 unspecified atom stereocenters. The van der Waals surface area contributed by atoms with Gasteiger partial charge in [0.1, 0.15) is 12.4 Å². The number of benzene rings is 1. The molecule has 0 amide bonds. The van der Waals surface area contributed by atoms with Crippen LogP contribution in [0, 0.1) is 6.92 Å². The molecule has 0 fully saturated rings. The number of hydrogen-bond acceptors (Lipinski definition) is 3. The molecule has 0 aliphatic rings. The SMILES string of the molecule is CCOc1ccc(C)cc1C(=O)CCOCC(F)F. The molecule has 0 aromatic heterocycles.